The van der Waals surface area contributed by atoms with Crippen LogP contribution in [0.4, 0.5) is 4.39 Å². The highest BCUT2D eigenvalue weighted by atomic mass is 19.1. The summed E-state index contributed by atoms with van der Waals surface area (Å²) in [6, 6.07) is 4.89. The van der Waals surface area contributed by atoms with E-state index in [1.54, 1.807) is 6.07 Å². The van der Waals surface area contributed by atoms with Crippen LogP contribution < -0.4 is 0 Å². The van der Waals surface area contributed by atoms with Crippen molar-refractivity contribution in [1.82, 2.24) is 0 Å². The van der Waals surface area contributed by atoms with Gasteiger partial charge in [-0.25, -0.2) is 4.39 Å². The van der Waals surface area contributed by atoms with Gasteiger partial charge in [-0.3, -0.25) is 9.59 Å². The standard InChI is InChI=1S/C15H15FO2/c16-12-3-1-2-11-14(12)13(18)6-9-15(11)7-4-10(17)5-8-15/h1-3H,4-9H2. The van der Waals surface area contributed by atoms with Crippen molar-refractivity contribution in [3.8, 4) is 0 Å². The lowest BCUT2D eigenvalue weighted by atomic mass is 9.62. The van der Waals surface area contributed by atoms with Crippen molar-refractivity contribution in [2.75, 3.05) is 0 Å². The molecule has 0 atom stereocenters. The van der Waals surface area contributed by atoms with E-state index in [1.165, 1.54) is 6.07 Å². The second-order valence-electron chi connectivity index (χ2n) is 5.40. The first-order valence-electron chi connectivity index (χ1n) is 6.46. The number of ketones is 2. The van der Waals surface area contributed by atoms with Gasteiger partial charge in [0.1, 0.15) is 11.6 Å². The van der Waals surface area contributed by atoms with Crippen LogP contribution in [0.3, 0.4) is 0 Å². The van der Waals surface area contributed by atoms with E-state index in [9.17, 15) is 14.0 Å². The summed E-state index contributed by atoms with van der Waals surface area (Å²) >= 11 is 0. The Bertz CT molecular complexity index is 523. The van der Waals surface area contributed by atoms with Gasteiger partial charge >= 0.3 is 0 Å². The highest BCUT2D eigenvalue weighted by Crippen LogP contribution is 2.47. The van der Waals surface area contributed by atoms with E-state index in [2.05, 4.69) is 0 Å². The molecule has 2 aliphatic carbocycles. The smallest absolute Gasteiger partial charge is 0.166 e. The average molecular weight is 246 g/mol. The summed E-state index contributed by atoms with van der Waals surface area (Å²) in [4.78, 5) is 23.3. The Morgan fingerprint density at radius 3 is 2.39 bits per heavy atom. The lowest BCUT2D eigenvalue weighted by Crippen LogP contribution is -2.37. The molecule has 0 aromatic heterocycles. The summed E-state index contributed by atoms with van der Waals surface area (Å²) in [6.07, 6.45) is 3.80. The number of fused-ring (bicyclic) bond motifs is 2. The van der Waals surface area contributed by atoms with Gasteiger partial charge < -0.3 is 0 Å². The van der Waals surface area contributed by atoms with Gasteiger partial charge in [0.2, 0.25) is 0 Å². The van der Waals surface area contributed by atoms with Crippen molar-refractivity contribution in [2.45, 2.75) is 43.9 Å². The Labute approximate surface area is 105 Å². The van der Waals surface area contributed by atoms with Crippen molar-refractivity contribution in [3.63, 3.8) is 0 Å². The Morgan fingerprint density at radius 2 is 1.67 bits per heavy atom. The summed E-state index contributed by atoms with van der Waals surface area (Å²) in [6.45, 7) is 0. The molecular formula is C15H15FO2. The van der Waals surface area contributed by atoms with Crippen molar-refractivity contribution < 1.29 is 14.0 Å². The van der Waals surface area contributed by atoms with Crippen LogP contribution in [-0.2, 0) is 10.2 Å². The molecule has 1 aromatic carbocycles. The fraction of sp³-hybridized carbons (Fsp3) is 0.467. The maximum Gasteiger partial charge on any atom is 0.166 e. The third-order valence-corrected chi connectivity index (χ3v) is 4.46. The number of rotatable bonds is 0. The first-order valence-corrected chi connectivity index (χ1v) is 6.46. The minimum absolute atomic E-state index is 0.0920. The summed E-state index contributed by atoms with van der Waals surface area (Å²) in [5.41, 5.74) is 0.976. The van der Waals surface area contributed by atoms with Gasteiger partial charge in [-0.15, -0.1) is 0 Å². The SMILES string of the molecule is O=C1CCC2(CC1)CCC(=O)c1c(F)cccc12. The summed E-state index contributed by atoms with van der Waals surface area (Å²) < 4.78 is 13.8. The number of hydrogen-bond acceptors (Lipinski definition) is 2. The van der Waals surface area contributed by atoms with Crippen LogP contribution in [0.5, 0.6) is 0 Å². The highest BCUT2D eigenvalue weighted by molar-refractivity contribution is 5.99. The van der Waals surface area contributed by atoms with Crippen LogP contribution in [-0.4, -0.2) is 11.6 Å². The molecular weight excluding hydrogens is 231 g/mol. The maximum atomic E-state index is 13.8. The van der Waals surface area contributed by atoms with E-state index in [4.69, 9.17) is 0 Å². The molecule has 2 nitrogen and oxygen atoms in total. The van der Waals surface area contributed by atoms with Crippen LogP contribution in [0.25, 0.3) is 0 Å². The van der Waals surface area contributed by atoms with Gasteiger partial charge in [0.05, 0.1) is 5.56 Å². The van der Waals surface area contributed by atoms with Crippen LogP contribution in [0.1, 0.15) is 54.4 Å². The largest absolute Gasteiger partial charge is 0.300 e. The molecule has 0 unspecified atom stereocenters. The number of carbonyl (C=O) groups excluding carboxylic acids is 2. The molecule has 0 bridgehead atoms. The molecule has 3 rings (SSSR count). The third-order valence-electron chi connectivity index (χ3n) is 4.46. The normalized spacial score (nSPS) is 22.1. The van der Waals surface area contributed by atoms with E-state index in [0.717, 1.165) is 24.8 Å². The minimum Gasteiger partial charge on any atom is -0.300 e. The summed E-state index contributed by atoms with van der Waals surface area (Å²) in [5.74, 6) is -0.213. The summed E-state index contributed by atoms with van der Waals surface area (Å²) in [5, 5.41) is 0. The van der Waals surface area contributed by atoms with Crippen LogP contribution in [0.15, 0.2) is 18.2 Å². The van der Waals surface area contributed by atoms with Gasteiger partial charge in [-0.2, -0.15) is 0 Å². The Balaban J connectivity index is 2.11. The topological polar surface area (TPSA) is 34.1 Å². The van der Waals surface area contributed by atoms with Crippen LogP contribution in [0, 0.1) is 5.82 Å². The van der Waals surface area contributed by atoms with E-state index >= 15 is 0 Å². The van der Waals surface area contributed by atoms with Gasteiger partial charge in [0.25, 0.3) is 0 Å². The molecule has 0 amide bonds. The lowest BCUT2D eigenvalue weighted by molar-refractivity contribution is -0.121. The third kappa shape index (κ3) is 1.61. The number of halogens is 1. The predicted octanol–water partition coefficient (Wildman–Crippen LogP) is 3.18. The Hall–Kier alpha value is -1.51. The average Bonchev–Trinajstić information content (AvgIpc) is 2.37. The van der Waals surface area contributed by atoms with E-state index in [1.807, 2.05) is 6.07 Å². The number of Topliss-reactive ketones (excluding diaryl/α,β-unsaturated/α-hetero) is 2. The Kier molecular flexibility index (Phi) is 2.58. The maximum absolute atomic E-state index is 13.8. The van der Waals surface area contributed by atoms with E-state index in [0.29, 0.717) is 19.3 Å². The van der Waals surface area contributed by atoms with Gasteiger partial charge in [-0.1, -0.05) is 12.1 Å². The number of hydrogen-bond donors (Lipinski definition) is 0. The molecule has 3 heteroatoms. The first-order chi connectivity index (χ1) is 8.62. The second kappa shape index (κ2) is 4.01. The molecule has 2 aliphatic rings. The number of carbonyl (C=O) groups is 2. The number of benzene rings is 1. The van der Waals surface area contributed by atoms with E-state index < -0.39 is 5.82 Å². The molecule has 1 aromatic rings. The molecule has 0 N–H and O–H groups in total. The fourth-order valence-corrected chi connectivity index (χ4v) is 3.39. The highest BCUT2D eigenvalue weighted by Gasteiger charge is 2.42. The monoisotopic (exact) mass is 246 g/mol. The molecule has 0 radical (unpaired) electrons. The molecule has 1 fully saturated rings. The van der Waals surface area contributed by atoms with Gasteiger partial charge in [0.15, 0.2) is 5.78 Å². The predicted molar refractivity (Wildman–Crippen MR) is 65.1 cm³/mol. The quantitative estimate of drug-likeness (QED) is 0.704. The molecule has 0 saturated heterocycles. The van der Waals surface area contributed by atoms with Gasteiger partial charge in [-0.05, 0) is 36.3 Å². The Morgan fingerprint density at radius 1 is 1.00 bits per heavy atom. The molecule has 1 saturated carbocycles. The first kappa shape index (κ1) is 11.6. The van der Waals surface area contributed by atoms with Crippen molar-refractivity contribution in [1.29, 1.82) is 0 Å². The van der Waals surface area contributed by atoms with Crippen molar-refractivity contribution >= 4 is 11.6 Å². The summed E-state index contributed by atoms with van der Waals surface area (Å²) in [7, 11) is 0. The lowest BCUT2D eigenvalue weighted by Gasteiger charge is -2.41. The van der Waals surface area contributed by atoms with Crippen LogP contribution >= 0.6 is 0 Å². The molecule has 0 aliphatic heterocycles. The van der Waals surface area contributed by atoms with Gasteiger partial charge in [0, 0.05) is 19.3 Å². The second-order valence-corrected chi connectivity index (χ2v) is 5.40. The van der Waals surface area contributed by atoms with E-state index in [-0.39, 0.29) is 22.5 Å². The molecule has 1 spiro atoms. The molecule has 94 valence electrons. The van der Waals surface area contributed by atoms with Crippen molar-refractivity contribution in [3.05, 3.63) is 35.1 Å². The molecule has 18 heavy (non-hydrogen) atoms. The zero-order valence-corrected chi connectivity index (χ0v) is 10.2. The minimum atomic E-state index is -0.409. The van der Waals surface area contributed by atoms with Crippen LogP contribution in [0.2, 0.25) is 0 Å². The van der Waals surface area contributed by atoms with Crippen molar-refractivity contribution in [2.24, 2.45) is 0 Å². The molecule has 0 heterocycles. The zero-order valence-electron chi connectivity index (χ0n) is 10.2. The fourth-order valence-electron chi connectivity index (χ4n) is 3.39. The zero-order chi connectivity index (χ0) is 12.8.